The highest BCUT2D eigenvalue weighted by molar-refractivity contribution is 5.38. The number of ether oxygens (including phenoxy) is 1. The number of hydrogen-bond donors (Lipinski definition) is 1. The molecule has 1 N–H and O–H groups in total. The zero-order chi connectivity index (χ0) is 13.7. The lowest BCUT2D eigenvalue weighted by Gasteiger charge is -2.36. The molecular formula is C14H24N4O. The van der Waals surface area contributed by atoms with Gasteiger partial charge in [-0.25, -0.2) is 0 Å². The fraction of sp³-hybridized carbons (Fsp3) is 0.714. The molecule has 1 saturated heterocycles. The molecule has 19 heavy (non-hydrogen) atoms. The lowest BCUT2D eigenvalue weighted by atomic mass is 9.96. The van der Waals surface area contributed by atoms with E-state index >= 15 is 0 Å². The summed E-state index contributed by atoms with van der Waals surface area (Å²) in [6, 6.07) is 4.10. The smallest absolute Gasteiger partial charge is 0.151 e. The molecule has 1 aliphatic rings. The van der Waals surface area contributed by atoms with Crippen LogP contribution in [0.4, 0.5) is 5.82 Å². The number of piperidine rings is 1. The van der Waals surface area contributed by atoms with E-state index in [1.807, 2.05) is 6.07 Å². The summed E-state index contributed by atoms with van der Waals surface area (Å²) in [5.41, 5.74) is 0.985. The zero-order valence-electron chi connectivity index (χ0n) is 12.1. The summed E-state index contributed by atoms with van der Waals surface area (Å²) in [7, 11) is 1.79. The molecule has 2 atom stereocenters. The van der Waals surface area contributed by atoms with Crippen LogP contribution < -0.4 is 10.2 Å². The Balaban J connectivity index is 1.98. The Morgan fingerprint density at radius 1 is 1.42 bits per heavy atom. The third kappa shape index (κ3) is 3.64. The molecule has 2 rings (SSSR count). The van der Waals surface area contributed by atoms with E-state index < -0.39 is 0 Å². The molecule has 0 aromatic carbocycles. The number of aromatic nitrogens is 2. The van der Waals surface area contributed by atoms with Gasteiger partial charge < -0.3 is 15.0 Å². The van der Waals surface area contributed by atoms with Gasteiger partial charge in [-0.2, -0.15) is 5.10 Å². The van der Waals surface area contributed by atoms with Crippen molar-refractivity contribution in [2.45, 2.75) is 32.9 Å². The van der Waals surface area contributed by atoms with Crippen LogP contribution in [0.25, 0.3) is 0 Å². The molecule has 5 nitrogen and oxygen atoms in total. The van der Waals surface area contributed by atoms with Crippen LogP contribution >= 0.6 is 0 Å². The van der Waals surface area contributed by atoms with Crippen LogP contribution in [0.15, 0.2) is 12.1 Å². The van der Waals surface area contributed by atoms with Gasteiger partial charge in [-0.3, -0.25) is 0 Å². The lowest BCUT2D eigenvalue weighted by molar-refractivity contribution is 0.0496. The van der Waals surface area contributed by atoms with Crippen LogP contribution in [0, 0.1) is 5.92 Å². The molecular weight excluding hydrogens is 240 g/mol. The molecule has 0 spiro atoms. The Hall–Kier alpha value is -1.20. The van der Waals surface area contributed by atoms with Crippen molar-refractivity contribution in [2.24, 2.45) is 5.92 Å². The van der Waals surface area contributed by atoms with Gasteiger partial charge in [0.2, 0.25) is 0 Å². The Morgan fingerprint density at radius 2 is 2.26 bits per heavy atom. The molecule has 2 unspecified atom stereocenters. The maximum absolute atomic E-state index is 5.53. The van der Waals surface area contributed by atoms with Gasteiger partial charge in [-0.1, -0.05) is 13.8 Å². The Kier molecular flexibility index (Phi) is 5.10. The summed E-state index contributed by atoms with van der Waals surface area (Å²) in [6.07, 6.45) is 1.43. The summed E-state index contributed by atoms with van der Waals surface area (Å²) in [4.78, 5) is 2.26. The maximum atomic E-state index is 5.53. The average molecular weight is 264 g/mol. The second-order valence-corrected chi connectivity index (χ2v) is 5.15. The summed E-state index contributed by atoms with van der Waals surface area (Å²) >= 11 is 0. The van der Waals surface area contributed by atoms with Crippen LogP contribution in [0.3, 0.4) is 0 Å². The highest BCUT2D eigenvalue weighted by atomic mass is 16.5. The van der Waals surface area contributed by atoms with E-state index in [1.165, 1.54) is 0 Å². The number of methoxy groups -OCH3 is 1. The molecule has 1 aromatic heterocycles. The molecule has 0 radical (unpaired) electrons. The van der Waals surface area contributed by atoms with Crippen molar-refractivity contribution in [1.29, 1.82) is 0 Å². The van der Waals surface area contributed by atoms with E-state index in [0.717, 1.165) is 44.1 Å². The van der Waals surface area contributed by atoms with Crippen molar-refractivity contribution >= 4 is 5.82 Å². The standard InChI is InChI=1S/C14H24N4O/c1-4-15-9-12-5-6-14(17-16-12)18-8-7-11(2)13(10-18)19-3/h5-6,11,13,15H,4,7-10H2,1-3H3. The van der Waals surface area contributed by atoms with Crippen LogP contribution in [0.5, 0.6) is 0 Å². The van der Waals surface area contributed by atoms with E-state index in [2.05, 4.69) is 40.3 Å². The van der Waals surface area contributed by atoms with E-state index in [0.29, 0.717) is 5.92 Å². The highest BCUT2D eigenvalue weighted by Gasteiger charge is 2.26. The lowest BCUT2D eigenvalue weighted by Crippen LogP contribution is -2.44. The maximum Gasteiger partial charge on any atom is 0.151 e. The van der Waals surface area contributed by atoms with Gasteiger partial charge in [0.15, 0.2) is 5.82 Å². The molecule has 2 heterocycles. The van der Waals surface area contributed by atoms with Gasteiger partial charge in [0.05, 0.1) is 11.8 Å². The van der Waals surface area contributed by atoms with E-state index in [-0.39, 0.29) is 6.10 Å². The van der Waals surface area contributed by atoms with Crippen molar-refractivity contribution < 1.29 is 4.74 Å². The Labute approximate surface area is 115 Å². The quantitative estimate of drug-likeness (QED) is 0.872. The minimum absolute atomic E-state index is 0.289. The molecule has 5 heteroatoms. The first-order valence-corrected chi connectivity index (χ1v) is 7.05. The second kappa shape index (κ2) is 6.82. The summed E-state index contributed by atoms with van der Waals surface area (Å²) in [6.45, 7) is 7.99. The topological polar surface area (TPSA) is 50.3 Å². The first-order chi connectivity index (χ1) is 9.24. The number of hydrogen-bond acceptors (Lipinski definition) is 5. The molecule has 1 aliphatic heterocycles. The van der Waals surface area contributed by atoms with Crippen LogP contribution in [-0.4, -0.2) is 43.0 Å². The molecule has 0 bridgehead atoms. The summed E-state index contributed by atoms with van der Waals surface area (Å²) < 4.78 is 5.53. The minimum Gasteiger partial charge on any atom is -0.379 e. The average Bonchev–Trinajstić information content (AvgIpc) is 2.46. The highest BCUT2D eigenvalue weighted by Crippen LogP contribution is 2.23. The fourth-order valence-corrected chi connectivity index (χ4v) is 2.42. The third-order valence-corrected chi connectivity index (χ3v) is 3.78. The van der Waals surface area contributed by atoms with Crippen LogP contribution in [0.2, 0.25) is 0 Å². The van der Waals surface area contributed by atoms with Gasteiger partial charge in [-0.15, -0.1) is 5.10 Å². The summed E-state index contributed by atoms with van der Waals surface area (Å²) in [5, 5.41) is 11.8. The Bertz CT molecular complexity index is 382. The van der Waals surface area contributed by atoms with Crippen molar-refractivity contribution in [2.75, 3.05) is 31.6 Å². The third-order valence-electron chi connectivity index (χ3n) is 3.78. The van der Waals surface area contributed by atoms with Gasteiger partial charge >= 0.3 is 0 Å². The van der Waals surface area contributed by atoms with Crippen LogP contribution in [0.1, 0.15) is 26.0 Å². The predicted octanol–water partition coefficient (Wildman–Crippen LogP) is 1.45. The molecule has 1 fully saturated rings. The number of nitrogens with one attached hydrogen (secondary N) is 1. The Morgan fingerprint density at radius 3 is 2.89 bits per heavy atom. The first-order valence-electron chi connectivity index (χ1n) is 7.05. The predicted molar refractivity (Wildman–Crippen MR) is 76.2 cm³/mol. The number of nitrogens with zero attached hydrogens (tertiary/aromatic N) is 3. The monoisotopic (exact) mass is 264 g/mol. The molecule has 106 valence electrons. The minimum atomic E-state index is 0.289. The second-order valence-electron chi connectivity index (χ2n) is 5.15. The van der Waals surface area contributed by atoms with Crippen molar-refractivity contribution in [3.05, 3.63) is 17.8 Å². The fourth-order valence-electron chi connectivity index (χ4n) is 2.42. The molecule has 0 saturated carbocycles. The van der Waals surface area contributed by atoms with Gasteiger partial charge in [-0.05, 0) is 31.0 Å². The van der Waals surface area contributed by atoms with Crippen molar-refractivity contribution in [1.82, 2.24) is 15.5 Å². The number of anilines is 1. The van der Waals surface area contributed by atoms with Gasteiger partial charge in [0, 0.05) is 26.7 Å². The first kappa shape index (κ1) is 14.2. The SMILES string of the molecule is CCNCc1ccc(N2CCC(C)C(OC)C2)nn1. The normalized spacial score (nSPS) is 23.6. The van der Waals surface area contributed by atoms with Crippen molar-refractivity contribution in [3.8, 4) is 0 Å². The van der Waals surface area contributed by atoms with Crippen molar-refractivity contribution in [3.63, 3.8) is 0 Å². The number of rotatable bonds is 5. The van der Waals surface area contributed by atoms with E-state index in [9.17, 15) is 0 Å². The van der Waals surface area contributed by atoms with E-state index in [4.69, 9.17) is 4.74 Å². The molecule has 0 aliphatic carbocycles. The van der Waals surface area contributed by atoms with Gasteiger partial charge in [0.1, 0.15) is 0 Å². The molecule has 0 amide bonds. The van der Waals surface area contributed by atoms with Gasteiger partial charge in [0.25, 0.3) is 0 Å². The van der Waals surface area contributed by atoms with E-state index in [1.54, 1.807) is 7.11 Å². The van der Waals surface area contributed by atoms with Crippen LogP contribution in [-0.2, 0) is 11.3 Å². The summed E-state index contributed by atoms with van der Waals surface area (Å²) in [5.74, 6) is 1.57. The molecule has 1 aromatic rings. The zero-order valence-corrected chi connectivity index (χ0v) is 12.1. The largest absolute Gasteiger partial charge is 0.379 e.